The molecule has 36 heavy (non-hydrogen) atoms. The molecule has 1 N–H and O–H groups in total. The summed E-state index contributed by atoms with van der Waals surface area (Å²) in [4.78, 5) is 20.4. The summed E-state index contributed by atoms with van der Waals surface area (Å²) in [5.41, 5.74) is 2.43. The van der Waals surface area contributed by atoms with Crippen molar-refractivity contribution in [3.8, 4) is 0 Å². The lowest BCUT2D eigenvalue weighted by Gasteiger charge is -2.36. The Labute approximate surface area is 213 Å². The fourth-order valence-electron chi connectivity index (χ4n) is 3.94. The van der Waals surface area contributed by atoms with E-state index in [1.165, 1.54) is 25.8 Å². The quantitative estimate of drug-likeness (QED) is 0.103. The van der Waals surface area contributed by atoms with Gasteiger partial charge in [-0.3, -0.25) is 4.79 Å². The van der Waals surface area contributed by atoms with E-state index in [4.69, 9.17) is 14.5 Å². The second-order valence-corrected chi connectivity index (χ2v) is 8.45. The molecule has 4 aromatic rings. The van der Waals surface area contributed by atoms with Gasteiger partial charge in [-0.15, -0.1) is 0 Å². The smallest absolute Gasteiger partial charge is 0.290 e. The minimum Gasteiger partial charge on any atom is -0.470 e. The van der Waals surface area contributed by atoms with E-state index < -0.39 is 11.6 Å². The average molecular weight is 503 g/mol. The van der Waals surface area contributed by atoms with Crippen molar-refractivity contribution in [1.29, 1.82) is 0 Å². The molecule has 1 atom stereocenters. The first-order chi connectivity index (χ1) is 17.7. The van der Waals surface area contributed by atoms with E-state index in [2.05, 4.69) is 56.1 Å². The topological polar surface area (TPSA) is 94.9 Å². The number of rotatable bonds is 11. The zero-order chi connectivity index (χ0) is 25.2. The maximum Gasteiger partial charge on any atom is 0.290 e. The van der Waals surface area contributed by atoms with Gasteiger partial charge in [-0.2, -0.15) is 4.37 Å². The zero-order valence-corrected chi connectivity index (χ0v) is 20.7. The third-order valence-corrected chi connectivity index (χ3v) is 6.24. The van der Waals surface area contributed by atoms with Crippen LogP contribution in [0.25, 0.3) is 0 Å². The molecule has 0 spiro atoms. The van der Waals surface area contributed by atoms with Gasteiger partial charge < -0.3 is 19.6 Å². The van der Waals surface area contributed by atoms with Crippen LogP contribution >= 0.6 is 11.5 Å². The number of hydrogen-bond acceptors (Lipinski definition) is 9. The Hall–Kier alpha value is -4.08. The molecule has 0 aliphatic rings. The van der Waals surface area contributed by atoms with Gasteiger partial charge in [0.15, 0.2) is 11.9 Å². The number of methoxy groups -OCH3 is 1. The predicted octanol–water partition coefficient (Wildman–Crippen LogP) is 4.81. The van der Waals surface area contributed by atoms with Crippen LogP contribution in [0, 0.1) is 0 Å². The maximum absolute atomic E-state index is 11.1. The first-order valence-corrected chi connectivity index (χ1v) is 12.0. The van der Waals surface area contributed by atoms with Crippen LogP contribution in [0.5, 0.6) is 0 Å². The lowest BCUT2D eigenvalue weighted by atomic mass is 9.77. The molecule has 1 unspecified atom stereocenters. The van der Waals surface area contributed by atoms with Gasteiger partial charge in [0, 0.05) is 18.6 Å². The number of benzene rings is 3. The number of aromatic nitrogens is 2. The van der Waals surface area contributed by atoms with Crippen molar-refractivity contribution < 1.29 is 19.1 Å². The number of hydrogen-bond donors (Lipinski definition) is 1. The number of nitrogens with one attached hydrogen (secondary N) is 1. The normalized spacial score (nSPS) is 12.6. The molecule has 0 fully saturated rings. The minimum absolute atomic E-state index is 0.00515. The summed E-state index contributed by atoms with van der Waals surface area (Å²) in [7, 11) is 2.86. The van der Waals surface area contributed by atoms with E-state index in [1.54, 1.807) is 0 Å². The maximum atomic E-state index is 11.1. The van der Waals surface area contributed by atoms with E-state index in [0.717, 1.165) is 16.7 Å². The van der Waals surface area contributed by atoms with Crippen molar-refractivity contribution in [2.45, 2.75) is 11.6 Å². The van der Waals surface area contributed by atoms with Gasteiger partial charge in [-0.25, -0.2) is 4.98 Å². The van der Waals surface area contributed by atoms with Gasteiger partial charge in [-0.05, 0) is 21.8 Å². The highest BCUT2D eigenvalue weighted by Gasteiger charge is 2.37. The second-order valence-electron chi connectivity index (χ2n) is 7.70. The highest BCUT2D eigenvalue weighted by atomic mass is 32.1. The Balaban J connectivity index is 1.73. The van der Waals surface area contributed by atoms with Crippen LogP contribution in [-0.4, -0.2) is 42.4 Å². The summed E-state index contributed by atoms with van der Waals surface area (Å²) >= 11 is 1.22. The monoisotopic (exact) mass is 502 g/mol. The molecule has 8 nitrogen and oxygen atoms in total. The van der Waals surface area contributed by atoms with E-state index in [-0.39, 0.29) is 12.5 Å². The lowest BCUT2D eigenvalue weighted by Crippen LogP contribution is -2.38. The van der Waals surface area contributed by atoms with E-state index in [9.17, 15) is 4.79 Å². The second kappa shape index (κ2) is 12.1. The average Bonchev–Trinajstić information content (AvgIpc) is 3.41. The number of carbonyl (C=O) groups excluding carboxylic acids is 1. The van der Waals surface area contributed by atoms with Gasteiger partial charge in [0.2, 0.25) is 11.4 Å². The summed E-state index contributed by atoms with van der Waals surface area (Å²) in [5.74, 6) is 0.236. The lowest BCUT2D eigenvalue weighted by molar-refractivity contribution is -0.104. The molecular formula is C27H26N4O4S. The van der Waals surface area contributed by atoms with Crippen LogP contribution in [0.1, 0.15) is 28.6 Å². The molecule has 0 bridgehead atoms. The van der Waals surface area contributed by atoms with Crippen LogP contribution in [0.15, 0.2) is 96.2 Å². The Kier molecular flexibility index (Phi) is 8.38. The van der Waals surface area contributed by atoms with Crippen LogP contribution in [0.4, 0.5) is 5.13 Å². The van der Waals surface area contributed by atoms with Crippen LogP contribution in [0.3, 0.4) is 0 Å². The summed E-state index contributed by atoms with van der Waals surface area (Å²) < 4.78 is 15.4. The van der Waals surface area contributed by atoms with Gasteiger partial charge in [0.25, 0.3) is 5.90 Å². The molecule has 0 saturated carbocycles. The molecule has 0 amide bonds. The van der Waals surface area contributed by atoms with Crippen molar-refractivity contribution in [3.05, 3.63) is 114 Å². The Morgan fingerprint density at radius 3 is 1.92 bits per heavy atom. The number of nitrogens with zero attached hydrogens (tertiary/aromatic N) is 3. The van der Waals surface area contributed by atoms with Crippen molar-refractivity contribution >= 4 is 28.8 Å². The fraction of sp³-hybridized carbons (Fsp3) is 0.185. The van der Waals surface area contributed by atoms with E-state index in [0.29, 0.717) is 17.2 Å². The molecule has 1 heterocycles. The summed E-state index contributed by atoms with van der Waals surface area (Å²) in [6.45, 7) is -0.00515. The summed E-state index contributed by atoms with van der Waals surface area (Å²) in [5, 5.41) is 7.80. The van der Waals surface area contributed by atoms with E-state index >= 15 is 0 Å². The number of anilines is 1. The molecule has 0 saturated heterocycles. The van der Waals surface area contributed by atoms with Crippen LogP contribution in [0.2, 0.25) is 0 Å². The Bertz CT molecular complexity index is 1170. The molecule has 4 rings (SSSR count). The number of carbonyl (C=O) groups is 1. The van der Waals surface area contributed by atoms with Crippen molar-refractivity contribution in [1.82, 2.24) is 9.36 Å². The van der Waals surface area contributed by atoms with Gasteiger partial charge in [-0.1, -0.05) is 91.0 Å². The first kappa shape index (κ1) is 25.0. The summed E-state index contributed by atoms with van der Waals surface area (Å²) in [6.07, 6.45) is -0.149. The predicted molar refractivity (Wildman–Crippen MR) is 139 cm³/mol. The molecule has 0 radical (unpaired) electrons. The molecule has 0 aliphatic heterocycles. The largest absolute Gasteiger partial charge is 0.470 e. The molecule has 184 valence electrons. The van der Waals surface area contributed by atoms with Gasteiger partial charge >= 0.3 is 0 Å². The Morgan fingerprint density at radius 2 is 1.47 bits per heavy atom. The number of ether oxygens (including phenoxy) is 2. The summed E-state index contributed by atoms with van der Waals surface area (Å²) in [6, 6.07) is 30.7. The molecule has 0 aliphatic carbocycles. The molecule has 3 aromatic carbocycles. The van der Waals surface area contributed by atoms with Crippen molar-refractivity contribution in [2.24, 2.45) is 5.16 Å². The molecule has 9 heteroatoms. The minimum atomic E-state index is -0.727. The fourth-order valence-corrected chi connectivity index (χ4v) is 4.61. The Morgan fingerprint density at radius 1 is 0.944 bits per heavy atom. The zero-order valence-electron chi connectivity index (χ0n) is 19.9. The molecule has 1 aromatic heterocycles. The van der Waals surface area contributed by atoms with Crippen LogP contribution in [-0.2, 0) is 24.6 Å². The van der Waals surface area contributed by atoms with Crippen LogP contribution < -0.4 is 5.32 Å². The molecular weight excluding hydrogens is 476 g/mol. The van der Waals surface area contributed by atoms with Crippen molar-refractivity contribution in [3.63, 3.8) is 0 Å². The standard InChI is InChI=1S/C27H26N4O4S/c1-33-23(19-35-24(18-32)30-34-2)25-28-26(36-31-25)29-27(20-12-6-3-7-13-20,21-14-8-4-9-15-21)22-16-10-5-11-17-22/h3-18,23H,19H2,1-2H3,(H,28,29,31). The number of aldehydes is 1. The van der Waals surface area contributed by atoms with E-state index in [1.807, 2.05) is 54.6 Å². The number of oxime groups is 1. The third-order valence-electron chi connectivity index (χ3n) is 5.59. The highest BCUT2D eigenvalue weighted by molar-refractivity contribution is 7.09. The van der Waals surface area contributed by atoms with Gasteiger partial charge in [0.1, 0.15) is 19.3 Å². The highest BCUT2D eigenvalue weighted by Crippen LogP contribution is 2.40. The first-order valence-electron chi connectivity index (χ1n) is 11.2. The van der Waals surface area contributed by atoms with Gasteiger partial charge in [0.05, 0.1) is 0 Å². The van der Waals surface area contributed by atoms with Crippen molar-refractivity contribution in [2.75, 3.05) is 26.1 Å². The third kappa shape index (κ3) is 5.42. The SMILES string of the molecule is CON=C(C=O)OCC(OC)c1nsc(NC(c2ccccc2)(c2ccccc2)c2ccccc2)n1.